The van der Waals surface area contributed by atoms with Crippen molar-refractivity contribution in [3.63, 3.8) is 0 Å². The van der Waals surface area contributed by atoms with Crippen LogP contribution in [0.1, 0.15) is 0 Å². The monoisotopic (exact) mass is 1150 g/mol. The molecular weight excluding hydrogens is 1080 g/mol. The zero-order valence-corrected chi connectivity index (χ0v) is 41.4. The van der Waals surface area contributed by atoms with Gasteiger partial charge in [-0.15, -0.1) is 0 Å². The topological polar surface area (TPSA) is 554 Å². The van der Waals surface area contributed by atoms with E-state index < -0.39 is 255 Å². The van der Waals surface area contributed by atoms with E-state index in [4.69, 9.17) is 66.3 Å². The molecule has 35 nitrogen and oxygen atoms in total. The van der Waals surface area contributed by atoms with Crippen molar-refractivity contribution in [1.29, 1.82) is 0 Å². The summed E-state index contributed by atoms with van der Waals surface area (Å²) in [6.07, 6.45) is -62.1. The van der Waals surface area contributed by atoms with E-state index in [0.29, 0.717) is 0 Å². The number of methoxy groups -OCH3 is 1. The largest absolute Gasteiger partial charge is 0.394 e. The van der Waals surface area contributed by atoms with Gasteiger partial charge in [0.05, 0.1) is 52.9 Å². The summed E-state index contributed by atoms with van der Waals surface area (Å²) in [4.78, 5) is 0. The Hall–Kier alpha value is -1.40. The summed E-state index contributed by atoms with van der Waals surface area (Å²) >= 11 is 0. The van der Waals surface area contributed by atoms with Crippen LogP contribution in [0.15, 0.2) is 0 Å². The molecule has 0 radical (unpaired) electrons. The van der Waals surface area contributed by atoms with E-state index in [1.807, 2.05) is 0 Å². The molecule has 34 atom stereocenters. The average molecular weight is 1150 g/mol. The van der Waals surface area contributed by atoms with E-state index in [-0.39, 0.29) is 6.61 Å². The molecule has 7 saturated heterocycles. The fourth-order valence-corrected chi connectivity index (χ4v) is 10.2. The zero-order valence-electron chi connectivity index (χ0n) is 41.4. The minimum absolute atomic E-state index is 0.366. The lowest BCUT2D eigenvalue weighted by Crippen LogP contribution is -2.68. The lowest BCUT2D eigenvalue weighted by atomic mass is 9.95. The first-order chi connectivity index (χ1) is 37.1. The summed E-state index contributed by atoms with van der Waals surface area (Å²) in [5, 5.41) is 224. The van der Waals surface area contributed by atoms with Crippen LogP contribution in [0.2, 0.25) is 0 Å². The lowest BCUT2D eigenvalue weighted by molar-refractivity contribution is -0.397. The van der Waals surface area contributed by atoms with Crippen LogP contribution in [-0.2, 0) is 66.3 Å². The van der Waals surface area contributed by atoms with E-state index in [2.05, 4.69) is 0 Å². The van der Waals surface area contributed by atoms with Crippen molar-refractivity contribution in [3.8, 4) is 0 Å². The predicted octanol–water partition coefficient (Wildman–Crippen LogP) is -14.9. The summed E-state index contributed by atoms with van der Waals surface area (Å²) in [5.74, 6) is 0. The Morgan fingerprint density at radius 3 is 0.667 bits per heavy atom. The molecule has 21 unspecified atom stereocenters. The average Bonchev–Trinajstić information content (AvgIpc) is 3.49. The van der Waals surface area contributed by atoms with Gasteiger partial charge in [-0.05, 0) is 0 Å². The second-order valence-corrected chi connectivity index (χ2v) is 19.7. The van der Waals surface area contributed by atoms with Crippen LogP contribution in [0, 0.1) is 0 Å². The maximum Gasteiger partial charge on any atom is 0.187 e. The Labute approximate surface area is 441 Å². The Balaban J connectivity index is 0.946. The van der Waals surface area contributed by atoms with E-state index in [1.165, 1.54) is 7.11 Å². The van der Waals surface area contributed by atoms with E-state index in [1.54, 1.807) is 0 Å². The van der Waals surface area contributed by atoms with Crippen molar-refractivity contribution in [2.45, 2.75) is 209 Å². The van der Waals surface area contributed by atoms with Gasteiger partial charge in [0.1, 0.15) is 171 Å². The molecule has 7 rings (SSSR count). The van der Waals surface area contributed by atoms with Crippen molar-refractivity contribution in [2.75, 3.05) is 60.0 Å². The number of aliphatic hydroxyl groups excluding tert-OH is 21. The highest BCUT2D eigenvalue weighted by molar-refractivity contribution is 5.01. The first-order valence-corrected chi connectivity index (χ1v) is 24.9. The fourth-order valence-electron chi connectivity index (χ4n) is 10.2. The predicted molar refractivity (Wildman–Crippen MR) is 235 cm³/mol. The highest BCUT2D eigenvalue weighted by atomic mass is 16.8. The van der Waals surface area contributed by atoms with Gasteiger partial charge in [-0.25, -0.2) is 0 Å². The third kappa shape index (κ3) is 13.1. The van der Waals surface area contributed by atoms with E-state index in [9.17, 15) is 107 Å². The Bertz CT molecular complexity index is 1790. The normalized spacial score (nSPS) is 52.5. The lowest BCUT2D eigenvalue weighted by Gasteiger charge is -2.50. The number of hydrogen-bond acceptors (Lipinski definition) is 35. The molecule has 78 heavy (non-hydrogen) atoms. The van der Waals surface area contributed by atoms with Gasteiger partial charge >= 0.3 is 0 Å². The molecule has 7 heterocycles. The number of rotatable bonds is 20. The molecule has 21 N–H and O–H groups in total. The molecule has 35 heteroatoms. The number of aliphatic hydroxyl groups is 21. The van der Waals surface area contributed by atoms with Gasteiger partial charge in [-0.1, -0.05) is 0 Å². The van der Waals surface area contributed by atoms with Crippen LogP contribution in [0.4, 0.5) is 0 Å². The number of ether oxygens (including phenoxy) is 14. The van der Waals surface area contributed by atoms with Crippen LogP contribution in [0.3, 0.4) is 0 Å². The van der Waals surface area contributed by atoms with Crippen LogP contribution in [-0.4, -0.2) is 376 Å². The highest BCUT2D eigenvalue weighted by Crippen LogP contribution is 2.37. The minimum atomic E-state index is -2.21. The second kappa shape index (κ2) is 28.0. The first kappa shape index (κ1) is 64.2. The van der Waals surface area contributed by atoms with Crippen molar-refractivity contribution < 1.29 is 174 Å². The van der Waals surface area contributed by atoms with E-state index in [0.717, 1.165) is 0 Å². The maximum atomic E-state index is 11.3. The van der Waals surface area contributed by atoms with Crippen LogP contribution in [0.5, 0.6) is 0 Å². The SMILES string of the molecule is CO[C@@H]1C(CO)O[C@H](O[C@@H]2C(CO)O[C@H](O[C@@H]3C(CO)O[C@H](O[C@@H]4C(CO)O[C@H](O[C@@H]5C(CO)O[C@H](O[C@@H]6C(CO)O[C@H](O[C@@H]7C(CO)OCC(O)C7O)C(O)C6O)C(O)C5O)C(O)C4O)C(O)C3O)C(O)C2O)C(O)C1O. The molecular formula is C43H74O35. The summed E-state index contributed by atoms with van der Waals surface area (Å²) < 4.78 is 77.9. The standard InChI is InChI=1S/C43H74O35/c1-65-31-12(3-45)67-38(25(59)19(31)53)74-33-14(5-47)69-40(27(61)21(33)55)76-35-16(7-49)71-42(29(63)23(35)57)78-37-17(8-50)72-43(30(64)24(37)58)77-36-15(6-48)70-41(28(62)22(36)56)75-34-13(4-46)68-39(26(60)20(34)54)73-32-11(2-44)66-9-10(51)18(32)52/h10-64H,2-9H2,1H3/t10?,11?,12?,13?,14?,15?,16?,17?,18?,19?,20?,21?,22?,23?,24?,25?,26?,27?,28?,29?,30?,31-,32-,33-,34-,35-,36-,37-,38-,39-,40-,41-,42-,43-/m1/s1. The molecule has 7 aliphatic heterocycles. The first-order valence-electron chi connectivity index (χ1n) is 24.9. The van der Waals surface area contributed by atoms with Gasteiger partial charge < -0.3 is 174 Å². The third-order valence-electron chi connectivity index (χ3n) is 14.7. The molecule has 7 aliphatic rings. The molecule has 7 fully saturated rings. The molecule has 0 aromatic rings. The van der Waals surface area contributed by atoms with Gasteiger partial charge in [-0.3, -0.25) is 0 Å². The molecule has 0 aromatic heterocycles. The van der Waals surface area contributed by atoms with Gasteiger partial charge in [0.15, 0.2) is 37.7 Å². The van der Waals surface area contributed by atoms with Gasteiger partial charge in [0.2, 0.25) is 0 Å². The Kier molecular flexibility index (Phi) is 23.0. The fraction of sp³-hybridized carbons (Fsp3) is 1.00. The summed E-state index contributed by atoms with van der Waals surface area (Å²) in [5.41, 5.74) is 0. The molecule has 0 spiro atoms. The maximum absolute atomic E-state index is 11.3. The van der Waals surface area contributed by atoms with Crippen LogP contribution in [0.25, 0.3) is 0 Å². The quantitative estimate of drug-likeness (QED) is 0.0538. The molecule has 0 amide bonds. The summed E-state index contributed by atoms with van der Waals surface area (Å²) in [7, 11) is 1.18. The molecule has 0 saturated carbocycles. The molecule has 0 aromatic carbocycles. The Morgan fingerprint density at radius 2 is 0.462 bits per heavy atom. The van der Waals surface area contributed by atoms with Crippen molar-refractivity contribution in [2.24, 2.45) is 0 Å². The Morgan fingerprint density at radius 1 is 0.269 bits per heavy atom. The zero-order chi connectivity index (χ0) is 57.2. The molecule has 456 valence electrons. The number of hydrogen-bond donors (Lipinski definition) is 21. The molecule has 0 aliphatic carbocycles. The minimum Gasteiger partial charge on any atom is -0.394 e. The summed E-state index contributed by atoms with van der Waals surface area (Å²) in [6, 6.07) is 0. The van der Waals surface area contributed by atoms with Crippen molar-refractivity contribution in [1.82, 2.24) is 0 Å². The van der Waals surface area contributed by atoms with Crippen molar-refractivity contribution in [3.05, 3.63) is 0 Å². The van der Waals surface area contributed by atoms with Gasteiger partial charge in [0.25, 0.3) is 0 Å². The van der Waals surface area contributed by atoms with Crippen LogP contribution >= 0.6 is 0 Å². The molecule has 0 bridgehead atoms. The van der Waals surface area contributed by atoms with Crippen molar-refractivity contribution >= 4 is 0 Å². The van der Waals surface area contributed by atoms with E-state index >= 15 is 0 Å². The smallest absolute Gasteiger partial charge is 0.187 e. The summed E-state index contributed by atoms with van der Waals surface area (Å²) in [6.45, 7) is -6.78. The highest BCUT2D eigenvalue weighted by Gasteiger charge is 2.58. The van der Waals surface area contributed by atoms with Gasteiger partial charge in [-0.2, -0.15) is 0 Å². The van der Waals surface area contributed by atoms with Crippen LogP contribution < -0.4 is 0 Å². The van der Waals surface area contributed by atoms with Gasteiger partial charge in [0, 0.05) is 7.11 Å². The second-order valence-electron chi connectivity index (χ2n) is 19.7. The third-order valence-corrected chi connectivity index (χ3v) is 14.7.